The number of ether oxygens (including phenoxy) is 2. The van der Waals surface area contributed by atoms with Crippen LogP contribution < -0.4 is 10.1 Å². The molecule has 1 N–H and O–H groups in total. The first-order chi connectivity index (χ1) is 17.2. The maximum atomic E-state index is 12.7. The van der Waals surface area contributed by atoms with E-state index in [0.717, 1.165) is 28.7 Å². The van der Waals surface area contributed by atoms with E-state index in [0.29, 0.717) is 30.3 Å². The van der Waals surface area contributed by atoms with Crippen LogP contribution in [0, 0.1) is 0 Å². The second kappa shape index (κ2) is 9.46. The standard InChI is InChI=1S/C23H28B3N7O3/c1-13(2)32-10-16(8-28-32)19-11-33-20(30-22(19)36-17-3-4-35-12-17)18(9-29-33)14-5-15(7-27-6-14)21(34)31-23(24,25)26/h5-11,13,17H,3-4,12,24-26H2,1-2H3,(H,31,34)/t17-/m0/s1. The van der Waals surface area contributed by atoms with Crippen LogP contribution in [-0.4, -0.2) is 83.4 Å². The first-order valence-corrected chi connectivity index (χ1v) is 12.1. The van der Waals surface area contributed by atoms with Gasteiger partial charge in [0.05, 0.1) is 36.7 Å². The van der Waals surface area contributed by atoms with Crippen molar-refractivity contribution < 1.29 is 14.3 Å². The summed E-state index contributed by atoms with van der Waals surface area (Å²) in [5.74, 6) is 0.314. The topological polar surface area (TPSA) is 108 Å². The number of rotatable bonds is 7. The van der Waals surface area contributed by atoms with E-state index in [2.05, 4.69) is 34.3 Å². The van der Waals surface area contributed by atoms with Gasteiger partial charge in [0.25, 0.3) is 5.91 Å². The molecule has 5 rings (SSSR count). The zero-order chi connectivity index (χ0) is 25.4. The Labute approximate surface area is 212 Å². The molecule has 1 fully saturated rings. The monoisotopic (exact) mass is 483 g/mol. The molecule has 0 unspecified atom stereocenters. The van der Waals surface area contributed by atoms with E-state index in [1.807, 2.05) is 46.8 Å². The molecule has 13 heteroatoms. The minimum Gasteiger partial charge on any atom is -0.471 e. The van der Waals surface area contributed by atoms with E-state index >= 15 is 0 Å². The Morgan fingerprint density at radius 2 is 1.97 bits per heavy atom. The molecule has 1 aliphatic rings. The molecule has 1 aliphatic heterocycles. The summed E-state index contributed by atoms with van der Waals surface area (Å²) >= 11 is 0. The van der Waals surface area contributed by atoms with Crippen molar-refractivity contribution in [2.24, 2.45) is 0 Å². The van der Waals surface area contributed by atoms with Crippen molar-refractivity contribution in [1.82, 2.24) is 34.7 Å². The molecule has 0 bridgehead atoms. The van der Waals surface area contributed by atoms with Crippen molar-refractivity contribution in [2.45, 2.75) is 37.7 Å². The van der Waals surface area contributed by atoms with Crippen LogP contribution in [0.5, 0.6) is 5.88 Å². The number of hydrogen-bond acceptors (Lipinski definition) is 7. The van der Waals surface area contributed by atoms with Gasteiger partial charge < -0.3 is 14.8 Å². The van der Waals surface area contributed by atoms with Crippen molar-refractivity contribution >= 4 is 35.1 Å². The minimum atomic E-state index is -0.352. The molecular weight excluding hydrogens is 455 g/mol. The smallest absolute Gasteiger partial charge is 0.251 e. The lowest BCUT2D eigenvalue weighted by Gasteiger charge is -2.20. The van der Waals surface area contributed by atoms with Crippen molar-refractivity contribution in [3.05, 3.63) is 48.8 Å². The lowest BCUT2D eigenvalue weighted by molar-refractivity contribution is 0.0952. The van der Waals surface area contributed by atoms with E-state index in [4.69, 9.17) is 14.5 Å². The van der Waals surface area contributed by atoms with Gasteiger partial charge in [0.2, 0.25) is 5.88 Å². The summed E-state index contributed by atoms with van der Waals surface area (Å²) in [5.41, 5.74) is 4.27. The summed E-state index contributed by atoms with van der Waals surface area (Å²) in [4.78, 5) is 21.9. The Kier molecular flexibility index (Phi) is 6.34. The Bertz CT molecular complexity index is 1410. The van der Waals surface area contributed by atoms with Crippen LogP contribution in [0.15, 0.2) is 43.2 Å². The van der Waals surface area contributed by atoms with Gasteiger partial charge in [-0.1, -0.05) is 0 Å². The number of carbonyl (C=O) groups excluding carboxylic acids is 1. The molecule has 0 radical (unpaired) electrons. The molecule has 5 heterocycles. The third-order valence-electron chi connectivity index (χ3n) is 5.87. The molecule has 10 nitrogen and oxygen atoms in total. The fourth-order valence-corrected chi connectivity index (χ4v) is 4.03. The molecule has 1 atom stereocenters. The quantitative estimate of drug-likeness (QED) is 0.358. The third-order valence-corrected chi connectivity index (χ3v) is 5.87. The first-order valence-electron chi connectivity index (χ1n) is 12.1. The van der Waals surface area contributed by atoms with Gasteiger partial charge >= 0.3 is 0 Å². The Morgan fingerprint density at radius 3 is 2.67 bits per heavy atom. The summed E-state index contributed by atoms with van der Waals surface area (Å²) < 4.78 is 15.5. The van der Waals surface area contributed by atoms with E-state index in [-0.39, 0.29) is 23.3 Å². The Morgan fingerprint density at radius 1 is 1.14 bits per heavy atom. The number of pyridine rings is 1. The van der Waals surface area contributed by atoms with Crippen molar-refractivity contribution in [2.75, 3.05) is 13.2 Å². The summed E-state index contributed by atoms with van der Waals surface area (Å²) in [6.07, 6.45) is 11.4. The first kappa shape index (κ1) is 24.1. The Balaban J connectivity index is 1.57. The fourth-order valence-electron chi connectivity index (χ4n) is 4.03. The maximum Gasteiger partial charge on any atom is 0.251 e. The van der Waals surface area contributed by atoms with Crippen LogP contribution in [0.25, 0.3) is 27.9 Å². The molecule has 0 saturated carbocycles. The molecule has 0 aromatic carbocycles. The second-order valence-corrected chi connectivity index (χ2v) is 10.4. The number of aromatic nitrogens is 6. The molecule has 182 valence electrons. The fraction of sp³-hybridized carbons (Fsp3) is 0.348. The maximum absolute atomic E-state index is 12.7. The average molecular weight is 483 g/mol. The molecule has 4 aromatic rings. The van der Waals surface area contributed by atoms with Crippen molar-refractivity contribution in [1.29, 1.82) is 0 Å². The van der Waals surface area contributed by atoms with Gasteiger partial charge in [0.1, 0.15) is 29.6 Å². The highest BCUT2D eigenvalue weighted by Crippen LogP contribution is 2.33. The number of hydrogen-bond donors (Lipinski definition) is 1. The lowest BCUT2D eigenvalue weighted by Crippen LogP contribution is -2.50. The second-order valence-electron chi connectivity index (χ2n) is 10.4. The summed E-state index contributed by atoms with van der Waals surface area (Å²) in [5, 5.41) is 11.7. The van der Waals surface area contributed by atoms with Crippen LogP contribution in [0.3, 0.4) is 0 Å². The molecular formula is C23H28B3N7O3. The van der Waals surface area contributed by atoms with Gasteiger partial charge in [0, 0.05) is 53.9 Å². The summed E-state index contributed by atoms with van der Waals surface area (Å²) in [6.45, 7) is 5.35. The molecule has 36 heavy (non-hydrogen) atoms. The number of nitrogens with one attached hydrogen (secondary N) is 1. The highest BCUT2D eigenvalue weighted by molar-refractivity contribution is 6.60. The van der Waals surface area contributed by atoms with Gasteiger partial charge in [0.15, 0.2) is 5.65 Å². The summed E-state index contributed by atoms with van der Waals surface area (Å²) in [6, 6.07) is 2.04. The zero-order valence-corrected chi connectivity index (χ0v) is 21.2. The van der Waals surface area contributed by atoms with Crippen LogP contribution >= 0.6 is 0 Å². The van der Waals surface area contributed by atoms with Crippen LogP contribution in [0.4, 0.5) is 0 Å². The highest BCUT2D eigenvalue weighted by Gasteiger charge is 2.23. The van der Waals surface area contributed by atoms with E-state index in [1.54, 1.807) is 29.2 Å². The largest absolute Gasteiger partial charge is 0.471 e. The van der Waals surface area contributed by atoms with E-state index in [9.17, 15) is 4.79 Å². The summed E-state index contributed by atoms with van der Waals surface area (Å²) in [7, 11) is 5.82. The van der Waals surface area contributed by atoms with Gasteiger partial charge in [-0.05, 0) is 25.2 Å². The SMILES string of the molecule is BC(B)(B)NC(=O)c1cncc(-c2cnn3cc(-c4cnn(C(C)C)c4)c(O[C@H]4CCOC4)nc23)c1. The molecule has 4 aromatic heterocycles. The number of carbonyl (C=O) groups is 1. The van der Waals surface area contributed by atoms with Gasteiger partial charge in [-0.25, -0.2) is 4.52 Å². The van der Waals surface area contributed by atoms with Crippen LogP contribution in [0.1, 0.15) is 36.7 Å². The molecule has 0 spiro atoms. The number of fused-ring (bicyclic) bond motifs is 1. The lowest BCUT2D eigenvalue weighted by atomic mass is 9.49. The Hall–Kier alpha value is -3.60. The predicted molar refractivity (Wildman–Crippen MR) is 144 cm³/mol. The third kappa shape index (κ3) is 5.01. The number of nitrogens with zero attached hydrogens (tertiary/aromatic N) is 6. The zero-order valence-electron chi connectivity index (χ0n) is 21.2. The highest BCUT2D eigenvalue weighted by atomic mass is 16.5. The van der Waals surface area contributed by atoms with Crippen LogP contribution in [0.2, 0.25) is 0 Å². The van der Waals surface area contributed by atoms with Crippen LogP contribution in [-0.2, 0) is 4.74 Å². The van der Waals surface area contributed by atoms with Crippen molar-refractivity contribution in [3.63, 3.8) is 0 Å². The van der Waals surface area contributed by atoms with Gasteiger partial charge in [-0.2, -0.15) is 15.2 Å². The predicted octanol–water partition coefficient (Wildman–Crippen LogP) is -0.356. The van der Waals surface area contributed by atoms with Crippen molar-refractivity contribution in [3.8, 4) is 28.1 Å². The molecule has 0 aliphatic carbocycles. The minimum absolute atomic E-state index is 0.0729. The average Bonchev–Trinajstić information content (AvgIpc) is 3.58. The number of amides is 1. The molecule has 1 amide bonds. The van der Waals surface area contributed by atoms with E-state index in [1.165, 1.54) is 0 Å². The van der Waals surface area contributed by atoms with Gasteiger partial charge in [-0.15, -0.1) is 0 Å². The van der Waals surface area contributed by atoms with E-state index < -0.39 is 0 Å². The molecule has 1 saturated heterocycles. The van der Waals surface area contributed by atoms with Gasteiger partial charge in [-0.3, -0.25) is 14.5 Å². The normalized spacial score (nSPS) is 16.0.